The number of rotatable bonds is 7. The van der Waals surface area contributed by atoms with Gasteiger partial charge in [0.25, 0.3) is 0 Å². The van der Waals surface area contributed by atoms with E-state index in [2.05, 4.69) is 27.7 Å². The minimum atomic E-state index is -0.327. The molecule has 1 aliphatic rings. The van der Waals surface area contributed by atoms with Gasteiger partial charge >= 0.3 is 0 Å². The van der Waals surface area contributed by atoms with Gasteiger partial charge in [-0.05, 0) is 43.4 Å². The zero-order chi connectivity index (χ0) is 14.4. The zero-order valence-corrected chi connectivity index (χ0v) is 13.8. The zero-order valence-electron chi connectivity index (χ0n) is 13.8. The number of hydrogen-bond donors (Lipinski definition) is 1. The third-order valence-corrected chi connectivity index (χ3v) is 5.14. The molecule has 1 nitrogen and oxygen atoms in total. The van der Waals surface area contributed by atoms with Gasteiger partial charge in [-0.1, -0.05) is 66.2 Å². The highest BCUT2D eigenvalue weighted by molar-refractivity contribution is 4.89. The Morgan fingerprint density at radius 3 is 2.00 bits per heavy atom. The molecule has 0 saturated heterocycles. The van der Waals surface area contributed by atoms with Crippen molar-refractivity contribution in [1.29, 1.82) is 0 Å². The van der Waals surface area contributed by atoms with Crippen LogP contribution in [-0.4, -0.2) is 10.7 Å². The summed E-state index contributed by atoms with van der Waals surface area (Å²) in [6, 6.07) is 0. The van der Waals surface area contributed by atoms with Crippen molar-refractivity contribution >= 4 is 0 Å². The number of hydrogen-bond acceptors (Lipinski definition) is 1. The van der Waals surface area contributed by atoms with Gasteiger partial charge < -0.3 is 5.11 Å². The van der Waals surface area contributed by atoms with Crippen LogP contribution in [0.4, 0.5) is 0 Å². The minimum absolute atomic E-state index is 0.327. The molecule has 1 saturated carbocycles. The van der Waals surface area contributed by atoms with E-state index in [1.54, 1.807) is 0 Å². The molecule has 0 radical (unpaired) electrons. The quantitative estimate of drug-likeness (QED) is 0.587. The van der Waals surface area contributed by atoms with Gasteiger partial charge in [-0.25, -0.2) is 0 Å². The standard InChI is InChI=1S/C18H36O/c1-5-6-7-8-9-10-13-18(19)14-11-16(12-15-18)17(2,3)4/h16,19H,5-15H2,1-4H3. The maximum Gasteiger partial charge on any atom is 0.0648 e. The van der Waals surface area contributed by atoms with Crippen molar-refractivity contribution in [3.63, 3.8) is 0 Å². The highest BCUT2D eigenvalue weighted by Gasteiger charge is 2.36. The van der Waals surface area contributed by atoms with Gasteiger partial charge in [-0.3, -0.25) is 0 Å². The first-order valence-corrected chi connectivity index (χ1v) is 8.60. The molecule has 0 aromatic carbocycles. The van der Waals surface area contributed by atoms with E-state index in [9.17, 15) is 5.11 Å². The lowest BCUT2D eigenvalue weighted by Gasteiger charge is -2.41. The molecular weight excluding hydrogens is 232 g/mol. The molecule has 0 amide bonds. The van der Waals surface area contributed by atoms with Gasteiger partial charge in [-0.15, -0.1) is 0 Å². The third-order valence-electron chi connectivity index (χ3n) is 5.14. The summed E-state index contributed by atoms with van der Waals surface area (Å²) in [5.41, 5.74) is 0.0913. The molecule has 1 fully saturated rings. The predicted octanol–water partition coefficient (Wildman–Crippen LogP) is 5.70. The van der Waals surface area contributed by atoms with Crippen LogP contribution in [0.3, 0.4) is 0 Å². The Balaban J connectivity index is 2.17. The van der Waals surface area contributed by atoms with Crippen molar-refractivity contribution in [2.24, 2.45) is 11.3 Å². The summed E-state index contributed by atoms with van der Waals surface area (Å²) in [6.07, 6.45) is 13.5. The van der Waals surface area contributed by atoms with Gasteiger partial charge in [0, 0.05) is 0 Å². The summed E-state index contributed by atoms with van der Waals surface area (Å²) >= 11 is 0. The molecule has 0 bridgehead atoms. The first-order chi connectivity index (χ1) is 8.87. The van der Waals surface area contributed by atoms with Gasteiger partial charge in [-0.2, -0.15) is 0 Å². The van der Waals surface area contributed by atoms with Crippen LogP contribution in [0, 0.1) is 11.3 Å². The molecule has 1 rings (SSSR count). The predicted molar refractivity (Wildman–Crippen MR) is 84.4 cm³/mol. The van der Waals surface area contributed by atoms with Gasteiger partial charge in [0.05, 0.1) is 5.60 Å². The lowest BCUT2D eigenvalue weighted by atomic mass is 9.67. The lowest BCUT2D eigenvalue weighted by Crippen LogP contribution is -2.37. The van der Waals surface area contributed by atoms with Crippen LogP contribution in [0.15, 0.2) is 0 Å². The number of aliphatic hydroxyl groups is 1. The molecule has 0 aromatic rings. The van der Waals surface area contributed by atoms with Crippen LogP contribution in [0.1, 0.15) is 98.3 Å². The molecule has 1 aliphatic carbocycles. The minimum Gasteiger partial charge on any atom is -0.390 e. The smallest absolute Gasteiger partial charge is 0.0648 e. The summed E-state index contributed by atoms with van der Waals surface area (Å²) in [4.78, 5) is 0. The van der Waals surface area contributed by atoms with Crippen molar-refractivity contribution in [3.8, 4) is 0 Å². The first-order valence-electron chi connectivity index (χ1n) is 8.60. The van der Waals surface area contributed by atoms with Crippen LogP contribution in [0.2, 0.25) is 0 Å². The van der Waals surface area contributed by atoms with E-state index >= 15 is 0 Å². The fraction of sp³-hybridized carbons (Fsp3) is 1.00. The second-order valence-electron chi connectivity index (χ2n) is 7.88. The number of unbranched alkanes of at least 4 members (excludes halogenated alkanes) is 5. The van der Waals surface area contributed by atoms with E-state index in [0.29, 0.717) is 5.41 Å². The molecule has 0 aromatic heterocycles. The molecule has 0 aliphatic heterocycles. The lowest BCUT2D eigenvalue weighted by molar-refractivity contribution is -0.0329. The Labute approximate surface area is 121 Å². The van der Waals surface area contributed by atoms with Crippen molar-refractivity contribution in [2.75, 3.05) is 0 Å². The first kappa shape index (κ1) is 17.0. The van der Waals surface area contributed by atoms with Gasteiger partial charge in [0.2, 0.25) is 0 Å². The molecule has 0 heterocycles. The third kappa shape index (κ3) is 6.29. The van der Waals surface area contributed by atoms with Crippen molar-refractivity contribution in [3.05, 3.63) is 0 Å². The van der Waals surface area contributed by atoms with E-state index in [1.807, 2.05) is 0 Å². The summed E-state index contributed by atoms with van der Waals surface area (Å²) in [5.74, 6) is 0.803. The Hall–Kier alpha value is -0.0400. The molecular formula is C18H36O. The van der Waals surface area contributed by atoms with Crippen molar-refractivity contribution in [1.82, 2.24) is 0 Å². The average molecular weight is 268 g/mol. The molecule has 1 heteroatoms. The average Bonchev–Trinajstić information content (AvgIpc) is 2.33. The van der Waals surface area contributed by atoms with E-state index in [1.165, 1.54) is 51.4 Å². The van der Waals surface area contributed by atoms with E-state index in [-0.39, 0.29) is 5.60 Å². The summed E-state index contributed by atoms with van der Waals surface area (Å²) in [5, 5.41) is 10.7. The Kier molecular flexibility index (Phi) is 6.86. The maximum atomic E-state index is 10.7. The molecule has 0 spiro atoms. The SMILES string of the molecule is CCCCCCCCC1(O)CCC(C(C)(C)C)CC1. The van der Waals surface area contributed by atoms with Crippen LogP contribution in [-0.2, 0) is 0 Å². The van der Waals surface area contributed by atoms with Gasteiger partial charge in [0.1, 0.15) is 0 Å². The highest BCUT2D eigenvalue weighted by Crippen LogP contribution is 2.43. The monoisotopic (exact) mass is 268 g/mol. The van der Waals surface area contributed by atoms with Crippen LogP contribution >= 0.6 is 0 Å². The van der Waals surface area contributed by atoms with E-state index in [0.717, 1.165) is 25.2 Å². The van der Waals surface area contributed by atoms with E-state index in [4.69, 9.17) is 0 Å². The molecule has 1 N–H and O–H groups in total. The molecule has 114 valence electrons. The molecule has 0 unspecified atom stereocenters. The van der Waals surface area contributed by atoms with E-state index < -0.39 is 0 Å². The topological polar surface area (TPSA) is 20.2 Å². The fourth-order valence-corrected chi connectivity index (χ4v) is 3.51. The molecule has 19 heavy (non-hydrogen) atoms. The normalized spacial score (nSPS) is 28.6. The molecule has 0 atom stereocenters. The summed E-state index contributed by atoms with van der Waals surface area (Å²) in [6.45, 7) is 9.29. The fourth-order valence-electron chi connectivity index (χ4n) is 3.51. The van der Waals surface area contributed by atoms with Crippen LogP contribution in [0.5, 0.6) is 0 Å². The second kappa shape index (κ2) is 7.67. The highest BCUT2D eigenvalue weighted by atomic mass is 16.3. The largest absolute Gasteiger partial charge is 0.390 e. The Morgan fingerprint density at radius 2 is 1.47 bits per heavy atom. The van der Waals surface area contributed by atoms with Crippen LogP contribution in [0.25, 0.3) is 0 Å². The van der Waals surface area contributed by atoms with Crippen LogP contribution < -0.4 is 0 Å². The Morgan fingerprint density at radius 1 is 0.947 bits per heavy atom. The summed E-state index contributed by atoms with van der Waals surface area (Å²) in [7, 11) is 0. The van der Waals surface area contributed by atoms with Gasteiger partial charge in [0.15, 0.2) is 0 Å². The second-order valence-corrected chi connectivity index (χ2v) is 7.88. The Bertz CT molecular complexity index is 231. The van der Waals surface area contributed by atoms with Crippen molar-refractivity contribution in [2.45, 2.75) is 104 Å². The summed E-state index contributed by atoms with van der Waals surface area (Å²) < 4.78 is 0. The maximum absolute atomic E-state index is 10.7. The van der Waals surface area contributed by atoms with Crippen molar-refractivity contribution < 1.29 is 5.11 Å².